The molecule has 0 aliphatic rings. The van der Waals surface area contributed by atoms with Gasteiger partial charge in [-0.2, -0.15) is 0 Å². The Labute approximate surface area is 623 Å². The van der Waals surface area contributed by atoms with Crippen molar-refractivity contribution < 1.29 is 0 Å². The van der Waals surface area contributed by atoms with E-state index in [1.54, 1.807) is 0 Å². The lowest BCUT2D eigenvalue weighted by Crippen LogP contribution is -2.12. The van der Waals surface area contributed by atoms with Crippen LogP contribution in [0.5, 0.6) is 0 Å². The predicted octanol–water partition coefficient (Wildman–Crippen LogP) is 29.3. The van der Waals surface area contributed by atoms with Crippen molar-refractivity contribution in [1.82, 2.24) is 0 Å². The Kier molecular flexibility index (Phi) is 19.7. The molecule has 4 nitrogen and oxygen atoms in total. The second-order valence-electron chi connectivity index (χ2n) is 25.7. The molecule has 0 heterocycles. The standard InChI is InChI=1S/C50H36N2.C26H17Br.C24H20N2/c1-6-18-37(19-7-1)49-45-28-16-17-29-46(45)50(38-20-8-2-9-21-38)48-36-44(34-35-47(48)49)52(41-26-14-5-15-27-41)43-32-30-42(31-33-43)51(39-22-10-3-11-23-39)40-24-12-4-13-25-40;27-20-15-16-23-24(17-20)26(19-11-5-2-6-12-19)22-14-8-7-13-21(22)25(23)18-9-3-1-4-10-18;1-4-10-20(11-5-1)25-21-16-18-24(19-17-21)26(22-12-6-2-7-13-22)23-14-8-3-9-15-23/h1-36H;1-17H;1-19,25H. The Hall–Kier alpha value is -13.3. The van der Waals surface area contributed by atoms with Crippen LogP contribution in [-0.4, -0.2) is 0 Å². The van der Waals surface area contributed by atoms with Crippen LogP contribution in [0.15, 0.2) is 441 Å². The highest BCUT2D eigenvalue weighted by atomic mass is 79.9. The number of hydrogen-bond acceptors (Lipinski definition) is 4. The van der Waals surface area contributed by atoms with Crippen molar-refractivity contribution in [3.8, 4) is 44.5 Å². The number of para-hydroxylation sites is 6. The zero-order valence-corrected chi connectivity index (χ0v) is 59.4. The monoisotopic (exact) mass is 1410 g/mol. The molecule has 18 aromatic carbocycles. The third-order valence-electron chi connectivity index (χ3n) is 19.1. The molecule has 5 heteroatoms. The summed E-state index contributed by atoms with van der Waals surface area (Å²) in [7, 11) is 0. The van der Waals surface area contributed by atoms with E-state index >= 15 is 0 Å². The lowest BCUT2D eigenvalue weighted by atomic mass is 9.85. The molecule has 0 bridgehead atoms. The number of nitrogens with one attached hydrogen (secondary N) is 1. The molecular formula is C100H73BrN4. The summed E-state index contributed by atoms with van der Waals surface area (Å²) in [6.45, 7) is 0. The molecule has 0 saturated carbocycles. The van der Waals surface area contributed by atoms with E-state index in [-0.39, 0.29) is 0 Å². The fraction of sp³-hybridized carbons (Fsp3) is 0. The number of hydrogen-bond donors (Lipinski definition) is 1. The Balaban J connectivity index is 0.000000134. The molecule has 0 spiro atoms. The summed E-state index contributed by atoms with van der Waals surface area (Å²) < 4.78 is 1.10. The van der Waals surface area contributed by atoms with Gasteiger partial charge in [-0.05, 0) is 233 Å². The Morgan fingerprint density at radius 2 is 0.371 bits per heavy atom. The van der Waals surface area contributed by atoms with Gasteiger partial charge in [0.2, 0.25) is 0 Å². The lowest BCUT2D eigenvalue weighted by Gasteiger charge is -2.29. The van der Waals surface area contributed by atoms with Crippen LogP contribution >= 0.6 is 15.9 Å². The number of rotatable bonds is 15. The van der Waals surface area contributed by atoms with Crippen molar-refractivity contribution in [2.75, 3.05) is 20.0 Å². The SMILES string of the molecule is Brc1ccc2c(-c3ccccc3)c3ccccc3c(-c3ccccc3)c2c1.c1ccc(-c2c3ccccc3c(-c3ccccc3)c3cc(N(c4ccccc4)c4ccc(N(c5ccccc5)c5ccccc5)cc4)ccc23)cc1.c1ccc(Nc2ccc(N(c3ccccc3)c3ccccc3)cc2)cc1. The highest BCUT2D eigenvalue weighted by Gasteiger charge is 2.22. The van der Waals surface area contributed by atoms with E-state index in [4.69, 9.17) is 0 Å². The Morgan fingerprint density at radius 3 is 0.695 bits per heavy atom. The zero-order valence-electron chi connectivity index (χ0n) is 57.8. The normalized spacial score (nSPS) is 10.9. The minimum atomic E-state index is 1.07. The highest BCUT2D eigenvalue weighted by molar-refractivity contribution is 9.10. The number of anilines is 11. The van der Waals surface area contributed by atoms with Gasteiger partial charge in [-0.25, -0.2) is 0 Å². The topological polar surface area (TPSA) is 21.8 Å². The first-order valence-electron chi connectivity index (χ1n) is 35.6. The maximum atomic E-state index is 3.68. The summed E-state index contributed by atoms with van der Waals surface area (Å²) in [5, 5.41) is 13.5. The minimum absolute atomic E-state index is 1.07. The largest absolute Gasteiger partial charge is 0.356 e. The highest BCUT2D eigenvalue weighted by Crippen LogP contribution is 2.49. The van der Waals surface area contributed by atoms with Gasteiger partial charge in [-0.3, -0.25) is 0 Å². The van der Waals surface area contributed by atoms with Crippen LogP contribution in [-0.2, 0) is 0 Å². The summed E-state index contributed by atoms with van der Waals surface area (Å²) in [5.74, 6) is 0. The maximum absolute atomic E-state index is 3.68. The van der Waals surface area contributed by atoms with Crippen molar-refractivity contribution >= 4 is 122 Å². The van der Waals surface area contributed by atoms with E-state index < -0.39 is 0 Å². The predicted molar refractivity (Wildman–Crippen MR) is 453 cm³/mol. The molecule has 0 aliphatic heterocycles. The average molecular weight is 1410 g/mol. The van der Waals surface area contributed by atoms with Crippen molar-refractivity contribution in [3.05, 3.63) is 441 Å². The zero-order chi connectivity index (χ0) is 70.5. The molecule has 0 atom stereocenters. The van der Waals surface area contributed by atoms with Gasteiger partial charge in [-0.1, -0.05) is 307 Å². The van der Waals surface area contributed by atoms with Crippen molar-refractivity contribution in [2.24, 2.45) is 0 Å². The summed E-state index contributed by atoms with van der Waals surface area (Å²) in [4.78, 5) is 6.92. The van der Waals surface area contributed by atoms with Crippen molar-refractivity contribution in [2.45, 2.75) is 0 Å². The van der Waals surface area contributed by atoms with Gasteiger partial charge in [0.25, 0.3) is 0 Å². The van der Waals surface area contributed by atoms with Crippen LogP contribution in [0.3, 0.4) is 0 Å². The molecule has 500 valence electrons. The van der Waals surface area contributed by atoms with Crippen LogP contribution < -0.4 is 20.0 Å². The molecule has 1 N–H and O–H groups in total. The van der Waals surface area contributed by atoms with Gasteiger partial charge in [-0.15, -0.1) is 0 Å². The number of nitrogens with zero attached hydrogens (tertiary/aromatic N) is 3. The van der Waals surface area contributed by atoms with Crippen LogP contribution in [0.4, 0.5) is 62.6 Å². The Bertz CT molecular complexity index is 5800. The van der Waals surface area contributed by atoms with E-state index in [2.05, 4.69) is 442 Å². The van der Waals surface area contributed by atoms with E-state index in [9.17, 15) is 0 Å². The smallest absolute Gasteiger partial charge is 0.0468 e. The second kappa shape index (κ2) is 31.3. The van der Waals surface area contributed by atoms with E-state index in [0.717, 1.165) is 67.0 Å². The van der Waals surface area contributed by atoms with Gasteiger partial charge in [0.05, 0.1) is 0 Å². The van der Waals surface area contributed by atoms with Crippen LogP contribution in [0.25, 0.3) is 87.6 Å². The van der Waals surface area contributed by atoms with E-state index in [1.807, 2.05) is 30.3 Å². The van der Waals surface area contributed by atoms with E-state index in [0.29, 0.717) is 0 Å². The van der Waals surface area contributed by atoms with Crippen molar-refractivity contribution in [3.63, 3.8) is 0 Å². The molecule has 0 saturated heterocycles. The maximum Gasteiger partial charge on any atom is 0.0468 e. The van der Waals surface area contributed by atoms with Gasteiger partial charge in [0.1, 0.15) is 0 Å². The van der Waals surface area contributed by atoms with Gasteiger partial charge < -0.3 is 20.0 Å². The molecule has 0 aliphatic carbocycles. The number of benzene rings is 18. The Morgan fingerprint density at radius 1 is 0.162 bits per heavy atom. The lowest BCUT2D eigenvalue weighted by molar-refractivity contribution is 1.26. The van der Waals surface area contributed by atoms with Crippen LogP contribution in [0.2, 0.25) is 0 Å². The molecule has 0 radical (unpaired) electrons. The third kappa shape index (κ3) is 14.4. The molecule has 105 heavy (non-hydrogen) atoms. The fourth-order valence-corrected chi connectivity index (χ4v) is 14.8. The first-order chi connectivity index (χ1) is 52.1. The van der Waals surface area contributed by atoms with Gasteiger partial charge in [0.15, 0.2) is 0 Å². The van der Waals surface area contributed by atoms with Crippen molar-refractivity contribution in [1.29, 1.82) is 0 Å². The van der Waals surface area contributed by atoms with E-state index in [1.165, 1.54) is 87.6 Å². The molecule has 0 aromatic heterocycles. The first-order valence-corrected chi connectivity index (χ1v) is 36.4. The fourth-order valence-electron chi connectivity index (χ4n) is 14.5. The summed E-state index contributed by atoms with van der Waals surface area (Å²) >= 11 is 3.68. The van der Waals surface area contributed by atoms with Crippen LogP contribution in [0.1, 0.15) is 0 Å². The summed E-state index contributed by atoms with van der Waals surface area (Å²) in [5.41, 5.74) is 22.2. The average Bonchev–Trinajstić information content (AvgIpc) is 0.742. The van der Waals surface area contributed by atoms with Gasteiger partial charge in [0, 0.05) is 67.0 Å². The third-order valence-corrected chi connectivity index (χ3v) is 19.6. The molecular weight excluding hydrogens is 1340 g/mol. The summed E-state index contributed by atoms with van der Waals surface area (Å²) in [6.07, 6.45) is 0. The first kappa shape index (κ1) is 66.2. The molecule has 18 rings (SSSR count). The molecule has 0 unspecified atom stereocenters. The van der Waals surface area contributed by atoms with Crippen LogP contribution in [0, 0.1) is 0 Å². The number of halogens is 1. The second-order valence-corrected chi connectivity index (χ2v) is 26.6. The molecule has 18 aromatic rings. The quantitative estimate of drug-likeness (QED) is 0.103. The van der Waals surface area contributed by atoms with Gasteiger partial charge >= 0.3 is 0 Å². The molecule has 0 amide bonds. The summed E-state index contributed by atoms with van der Waals surface area (Å²) in [6, 6.07) is 155. The number of fused-ring (bicyclic) bond motifs is 4. The molecule has 0 fully saturated rings. The minimum Gasteiger partial charge on any atom is -0.356 e.